The summed E-state index contributed by atoms with van der Waals surface area (Å²) >= 11 is 2.07. The number of hydrogen-bond donors (Lipinski definition) is 2. The molecule has 0 bridgehead atoms. The Balaban J connectivity index is 1.52. The van der Waals surface area contributed by atoms with Crippen molar-refractivity contribution in [3.05, 3.63) is 23.9 Å². The van der Waals surface area contributed by atoms with Crippen LogP contribution in [0.5, 0.6) is 0 Å². The predicted octanol–water partition coefficient (Wildman–Crippen LogP) is 3.41. The van der Waals surface area contributed by atoms with Gasteiger partial charge in [-0.1, -0.05) is 12.8 Å². The first-order valence-electron chi connectivity index (χ1n) is 9.97. The predicted molar refractivity (Wildman–Crippen MR) is 113 cm³/mol. The minimum Gasteiger partial charge on any atom is -0.357 e. The molecule has 1 aromatic heterocycles. The van der Waals surface area contributed by atoms with Crippen molar-refractivity contribution in [3.63, 3.8) is 0 Å². The summed E-state index contributed by atoms with van der Waals surface area (Å²) in [5.74, 6) is 3.27. The molecule has 2 aliphatic rings. The summed E-state index contributed by atoms with van der Waals surface area (Å²) in [7, 11) is 1.84. The van der Waals surface area contributed by atoms with Crippen molar-refractivity contribution in [2.24, 2.45) is 4.99 Å². The minimum absolute atomic E-state index is 0.341. The zero-order valence-electron chi connectivity index (χ0n) is 16.3. The summed E-state index contributed by atoms with van der Waals surface area (Å²) in [5, 5.41) is 6.95. The Kier molecular flexibility index (Phi) is 7.06. The third-order valence-corrected chi connectivity index (χ3v) is 6.89. The molecule has 6 heteroatoms. The van der Waals surface area contributed by atoms with Crippen LogP contribution in [0.1, 0.15) is 51.0 Å². The highest BCUT2D eigenvalue weighted by Crippen LogP contribution is 2.36. The molecule has 0 amide bonds. The molecule has 0 radical (unpaired) electrons. The summed E-state index contributed by atoms with van der Waals surface area (Å²) in [6.07, 6.45) is 9.78. The lowest BCUT2D eigenvalue weighted by molar-refractivity contribution is 0.584. The lowest BCUT2D eigenvalue weighted by Crippen LogP contribution is -2.43. The van der Waals surface area contributed by atoms with Crippen LogP contribution in [0.25, 0.3) is 0 Å². The highest BCUT2D eigenvalue weighted by Gasteiger charge is 2.29. The Bertz CT molecular complexity index is 590. The Morgan fingerprint density at radius 1 is 1.23 bits per heavy atom. The molecule has 3 heterocycles. The maximum atomic E-state index is 4.60. The molecule has 1 aromatic rings. The smallest absolute Gasteiger partial charge is 0.191 e. The number of nitrogens with one attached hydrogen (secondary N) is 2. The number of aromatic nitrogens is 1. The molecule has 0 aliphatic carbocycles. The molecule has 26 heavy (non-hydrogen) atoms. The first-order valence-corrected chi connectivity index (χ1v) is 11.0. The third-order valence-electron chi connectivity index (χ3n) is 5.35. The summed E-state index contributed by atoms with van der Waals surface area (Å²) < 4.78 is 0.341. The molecule has 2 N–H and O–H groups in total. The van der Waals surface area contributed by atoms with Gasteiger partial charge in [0.15, 0.2) is 5.96 Å². The van der Waals surface area contributed by atoms with E-state index in [1.165, 1.54) is 49.8 Å². The third kappa shape index (κ3) is 5.53. The molecule has 2 fully saturated rings. The van der Waals surface area contributed by atoms with Gasteiger partial charge >= 0.3 is 0 Å². The van der Waals surface area contributed by atoms with Crippen LogP contribution >= 0.6 is 11.8 Å². The van der Waals surface area contributed by atoms with E-state index in [0.29, 0.717) is 4.75 Å². The van der Waals surface area contributed by atoms with E-state index in [1.807, 2.05) is 13.2 Å². The van der Waals surface area contributed by atoms with Gasteiger partial charge in [0.25, 0.3) is 0 Å². The van der Waals surface area contributed by atoms with E-state index in [2.05, 4.69) is 56.3 Å². The van der Waals surface area contributed by atoms with Crippen molar-refractivity contribution in [2.45, 2.75) is 56.7 Å². The van der Waals surface area contributed by atoms with Crippen molar-refractivity contribution in [1.29, 1.82) is 0 Å². The Morgan fingerprint density at radius 3 is 2.73 bits per heavy atom. The number of guanidine groups is 1. The molecule has 0 aromatic carbocycles. The standard InChI is InChI=1S/C20H33N5S/c1-20(9-7-13-26-20)16-24-19(21-2)23-15-17-8-10-22-18(14-17)25-11-5-3-4-6-12-25/h8,10,14H,3-7,9,11-13,15-16H2,1-2H3,(H2,21,23,24). The molecular formula is C20H33N5S. The van der Waals surface area contributed by atoms with Gasteiger partial charge in [0, 0.05) is 44.2 Å². The van der Waals surface area contributed by atoms with Crippen LogP contribution in [0.2, 0.25) is 0 Å². The van der Waals surface area contributed by atoms with Crippen LogP contribution in [0, 0.1) is 0 Å². The number of anilines is 1. The molecule has 144 valence electrons. The maximum Gasteiger partial charge on any atom is 0.191 e. The Labute approximate surface area is 162 Å². The molecule has 2 aliphatic heterocycles. The van der Waals surface area contributed by atoms with E-state index in [4.69, 9.17) is 0 Å². The lowest BCUT2D eigenvalue weighted by Gasteiger charge is -2.24. The largest absolute Gasteiger partial charge is 0.357 e. The summed E-state index contributed by atoms with van der Waals surface area (Å²) in [6, 6.07) is 4.31. The molecule has 5 nitrogen and oxygen atoms in total. The average Bonchev–Trinajstić information content (AvgIpc) is 2.93. The first kappa shape index (κ1) is 19.3. The number of thioether (sulfide) groups is 1. The summed E-state index contributed by atoms with van der Waals surface area (Å²) in [6.45, 7) is 6.34. The second-order valence-corrected chi connectivity index (χ2v) is 9.29. The first-order chi connectivity index (χ1) is 12.7. The van der Waals surface area contributed by atoms with Crippen molar-refractivity contribution in [2.75, 3.05) is 37.3 Å². The highest BCUT2D eigenvalue weighted by molar-refractivity contribution is 8.00. The van der Waals surface area contributed by atoms with E-state index in [0.717, 1.165) is 38.0 Å². The lowest BCUT2D eigenvalue weighted by atomic mass is 10.1. The zero-order valence-corrected chi connectivity index (χ0v) is 17.1. The number of aliphatic imine (C=N–C) groups is 1. The van der Waals surface area contributed by atoms with Gasteiger partial charge in [-0.2, -0.15) is 11.8 Å². The fourth-order valence-corrected chi connectivity index (χ4v) is 4.94. The van der Waals surface area contributed by atoms with Gasteiger partial charge in [0.1, 0.15) is 5.82 Å². The molecule has 1 unspecified atom stereocenters. The van der Waals surface area contributed by atoms with Crippen molar-refractivity contribution >= 4 is 23.5 Å². The number of pyridine rings is 1. The molecule has 0 saturated carbocycles. The van der Waals surface area contributed by atoms with Gasteiger partial charge in [-0.15, -0.1) is 0 Å². The van der Waals surface area contributed by atoms with Crippen LogP contribution in [-0.4, -0.2) is 48.1 Å². The fraction of sp³-hybridized carbons (Fsp3) is 0.700. The summed E-state index contributed by atoms with van der Waals surface area (Å²) in [5.41, 5.74) is 1.25. The monoisotopic (exact) mass is 375 g/mol. The molecule has 0 spiro atoms. The quantitative estimate of drug-likeness (QED) is 0.610. The average molecular weight is 376 g/mol. The van der Waals surface area contributed by atoms with Crippen LogP contribution < -0.4 is 15.5 Å². The van der Waals surface area contributed by atoms with E-state index < -0.39 is 0 Å². The molecule has 1 atom stereocenters. The van der Waals surface area contributed by atoms with E-state index in [9.17, 15) is 0 Å². The van der Waals surface area contributed by atoms with Crippen LogP contribution in [0.15, 0.2) is 23.3 Å². The Hall–Kier alpha value is -1.43. The minimum atomic E-state index is 0.341. The maximum absolute atomic E-state index is 4.60. The van der Waals surface area contributed by atoms with Crippen LogP contribution in [-0.2, 0) is 6.54 Å². The Morgan fingerprint density at radius 2 is 2.04 bits per heavy atom. The molecule has 2 saturated heterocycles. The van der Waals surface area contributed by atoms with E-state index >= 15 is 0 Å². The van der Waals surface area contributed by atoms with Gasteiger partial charge < -0.3 is 15.5 Å². The second-order valence-electron chi connectivity index (χ2n) is 7.60. The zero-order chi connectivity index (χ0) is 18.2. The second kappa shape index (κ2) is 9.49. The van der Waals surface area contributed by atoms with Gasteiger partial charge in [0.05, 0.1) is 0 Å². The van der Waals surface area contributed by atoms with Gasteiger partial charge in [-0.3, -0.25) is 4.99 Å². The topological polar surface area (TPSA) is 52.6 Å². The van der Waals surface area contributed by atoms with E-state index in [-0.39, 0.29) is 0 Å². The van der Waals surface area contributed by atoms with Crippen molar-refractivity contribution in [3.8, 4) is 0 Å². The molecular weight excluding hydrogens is 342 g/mol. The number of nitrogens with zero attached hydrogens (tertiary/aromatic N) is 3. The van der Waals surface area contributed by atoms with E-state index in [1.54, 1.807) is 0 Å². The van der Waals surface area contributed by atoms with Crippen molar-refractivity contribution < 1.29 is 0 Å². The normalized spacial score (nSPS) is 24.4. The van der Waals surface area contributed by atoms with Gasteiger partial charge in [-0.05, 0) is 56.1 Å². The van der Waals surface area contributed by atoms with Crippen LogP contribution in [0.4, 0.5) is 5.82 Å². The van der Waals surface area contributed by atoms with Gasteiger partial charge in [-0.25, -0.2) is 4.98 Å². The highest BCUT2D eigenvalue weighted by atomic mass is 32.2. The number of hydrogen-bond acceptors (Lipinski definition) is 4. The summed E-state index contributed by atoms with van der Waals surface area (Å²) in [4.78, 5) is 11.4. The molecule has 3 rings (SSSR count). The fourth-order valence-electron chi connectivity index (χ4n) is 3.70. The van der Waals surface area contributed by atoms with Crippen LogP contribution in [0.3, 0.4) is 0 Å². The SMILES string of the molecule is CN=C(NCc1ccnc(N2CCCCCC2)c1)NCC1(C)CCCS1. The number of rotatable bonds is 5. The van der Waals surface area contributed by atoms with Crippen molar-refractivity contribution in [1.82, 2.24) is 15.6 Å². The van der Waals surface area contributed by atoms with Gasteiger partial charge in [0.2, 0.25) is 0 Å².